The second-order valence-corrected chi connectivity index (χ2v) is 9.22. The number of aromatic carboxylic acids is 1. The minimum Gasteiger partial charge on any atom is -0.478 e. The Labute approximate surface area is 196 Å². The van der Waals surface area contributed by atoms with Gasteiger partial charge in [-0.3, -0.25) is 4.72 Å². The summed E-state index contributed by atoms with van der Waals surface area (Å²) in [5.41, 5.74) is 3.53. The van der Waals surface area contributed by atoms with Crippen LogP contribution in [0.25, 0.3) is 5.57 Å². The zero-order valence-electron chi connectivity index (χ0n) is 18.8. The fraction of sp³-hybridized carbons (Fsp3) is 0.292. The summed E-state index contributed by atoms with van der Waals surface area (Å²) in [4.78, 5) is 20.3. The zero-order chi connectivity index (χ0) is 23.8. The van der Waals surface area contributed by atoms with Crippen molar-refractivity contribution in [2.24, 2.45) is 5.92 Å². The second kappa shape index (κ2) is 11.7. The molecule has 0 fully saturated rings. The van der Waals surface area contributed by atoms with Gasteiger partial charge in [-0.1, -0.05) is 55.8 Å². The lowest BCUT2D eigenvalue weighted by Crippen LogP contribution is -2.11. The molecule has 8 heteroatoms. The number of carbonyl (C=O) groups is 1. The van der Waals surface area contributed by atoms with Crippen LogP contribution in [0.15, 0.2) is 59.0 Å². The summed E-state index contributed by atoms with van der Waals surface area (Å²) >= 11 is 6.38. The molecule has 1 unspecified atom stereocenters. The largest absolute Gasteiger partial charge is 0.478 e. The predicted octanol–water partition coefficient (Wildman–Crippen LogP) is 6.22. The van der Waals surface area contributed by atoms with Crippen LogP contribution in [0.3, 0.4) is 0 Å². The topological polar surface area (TPSA) is 92.2 Å². The van der Waals surface area contributed by atoms with Gasteiger partial charge >= 0.3 is 5.97 Å². The molecule has 170 valence electrons. The number of benzene rings is 1. The Balaban J connectivity index is 2.46. The van der Waals surface area contributed by atoms with Crippen LogP contribution in [0.2, 0.25) is 5.15 Å². The highest BCUT2D eigenvalue weighted by molar-refractivity contribution is 7.86. The molecule has 0 aliphatic carbocycles. The second-order valence-electron chi connectivity index (χ2n) is 7.65. The average molecular weight is 474 g/mol. The van der Waals surface area contributed by atoms with E-state index in [1.165, 1.54) is 18.2 Å². The van der Waals surface area contributed by atoms with Crippen molar-refractivity contribution in [3.05, 3.63) is 76.1 Å². The third kappa shape index (κ3) is 6.87. The van der Waals surface area contributed by atoms with Gasteiger partial charge < -0.3 is 5.11 Å². The average Bonchev–Trinajstić information content (AvgIpc) is 2.74. The number of carboxylic acid groups (broad SMARTS) is 1. The number of aromatic nitrogens is 2. The van der Waals surface area contributed by atoms with Crippen molar-refractivity contribution in [1.29, 1.82) is 0 Å². The van der Waals surface area contributed by atoms with Crippen LogP contribution in [0.5, 0.6) is 0 Å². The van der Waals surface area contributed by atoms with Gasteiger partial charge in [-0.05, 0) is 62.5 Å². The summed E-state index contributed by atoms with van der Waals surface area (Å²) in [5.74, 6) is -0.542. The summed E-state index contributed by atoms with van der Waals surface area (Å²) in [6, 6.07) is 5.89. The van der Waals surface area contributed by atoms with E-state index in [0.717, 1.165) is 23.1 Å². The van der Waals surface area contributed by atoms with E-state index in [0.29, 0.717) is 16.5 Å². The van der Waals surface area contributed by atoms with Crippen LogP contribution >= 0.6 is 11.6 Å². The van der Waals surface area contributed by atoms with Gasteiger partial charge in [0, 0.05) is 5.56 Å². The Morgan fingerprint density at radius 3 is 2.62 bits per heavy atom. The van der Waals surface area contributed by atoms with E-state index in [9.17, 15) is 9.00 Å². The van der Waals surface area contributed by atoms with Crippen molar-refractivity contribution in [3.63, 3.8) is 0 Å². The number of halogens is 1. The molecule has 0 spiro atoms. The monoisotopic (exact) mass is 473 g/mol. The molecule has 0 radical (unpaired) electrons. The fourth-order valence-corrected chi connectivity index (χ4v) is 3.99. The summed E-state index contributed by atoms with van der Waals surface area (Å²) in [6.45, 7) is 10.1. The Bertz CT molecular complexity index is 1110. The quantitative estimate of drug-likeness (QED) is 0.333. The molecule has 0 saturated heterocycles. The van der Waals surface area contributed by atoms with E-state index in [2.05, 4.69) is 34.6 Å². The van der Waals surface area contributed by atoms with Crippen molar-refractivity contribution in [2.45, 2.75) is 45.9 Å². The minimum atomic E-state index is -1.76. The van der Waals surface area contributed by atoms with Gasteiger partial charge in [0.15, 0.2) is 11.0 Å². The van der Waals surface area contributed by atoms with Gasteiger partial charge in [0.05, 0.1) is 16.2 Å². The molecule has 6 nitrogen and oxygen atoms in total. The summed E-state index contributed by atoms with van der Waals surface area (Å²) < 4.78 is 15.5. The van der Waals surface area contributed by atoms with Crippen LogP contribution in [-0.2, 0) is 11.0 Å². The fourth-order valence-electron chi connectivity index (χ4n) is 3.01. The van der Waals surface area contributed by atoms with Crippen LogP contribution in [0, 0.1) is 12.8 Å². The maximum absolute atomic E-state index is 12.8. The zero-order valence-corrected chi connectivity index (χ0v) is 20.4. The molecule has 1 atom stereocenters. The first-order valence-corrected chi connectivity index (χ1v) is 11.7. The summed E-state index contributed by atoms with van der Waals surface area (Å²) in [5, 5.41) is 9.42. The molecule has 2 N–H and O–H groups in total. The lowest BCUT2D eigenvalue weighted by atomic mass is 9.95. The Morgan fingerprint density at radius 2 is 2.00 bits per heavy atom. The molecule has 1 aromatic heterocycles. The van der Waals surface area contributed by atoms with Gasteiger partial charge in [0.1, 0.15) is 5.15 Å². The Kier molecular flexibility index (Phi) is 9.35. The van der Waals surface area contributed by atoms with Crippen molar-refractivity contribution in [2.75, 3.05) is 4.72 Å². The highest BCUT2D eigenvalue weighted by Gasteiger charge is 2.16. The van der Waals surface area contributed by atoms with Crippen molar-refractivity contribution < 1.29 is 14.1 Å². The number of hydrogen-bond acceptors (Lipinski definition) is 4. The van der Waals surface area contributed by atoms with Crippen molar-refractivity contribution in [1.82, 2.24) is 9.97 Å². The molecular formula is C24H28ClN3O3S. The maximum Gasteiger partial charge on any atom is 0.335 e. The van der Waals surface area contributed by atoms with E-state index in [4.69, 9.17) is 16.7 Å². The third-order valence-corrected chi connectivity index (χ3v) is 6.05. The molecule has 0 aliphatic heterocycles. The lowest BCUT2D eigenvalue weighted by molar-refractivity contribution is 0.0696. The number of carboxylic acids is 1. The number of hydrogen-bond donors (Lipinski definition) is 2. The molecule has 0 bridgehead atoms. The SMILES string of the molecule is C/C=C/C=C\C(CC(C)C)=C(/C)c1nc(NS(=O)c2cccc(C(=O)O)c2)nc(Cl)c1C. The molecule has 0 amide bonds. The molecule has 32 heavy (non-hydrogen) atoms. The van der Waals surface area contributed by atoms with E-state index < -0.39 is 17.0 Å². The summed E-state index contributed by atoms with van der Waals surface area (Å²) in [7, 11) is -1.76. The molecule has 1 heterocycles. The van der Waals surface area contributed by atoms with Crippen LogP contribution in [0.4, 0.5) is 5.95 Å². The van der Waals surface area contributed by atoms with Crippen LogP contribution < -0.4 is 4.72 Å². The highest BCUT2D eigenvalue weighted by Crippen LogP contribution is 2.29. The van der Waals surface area contributed by atoms with E-state index in [1.54, 1.807) is 6.07 Å². The number of nitrogens with zero attached hydrogens (tertiary/aromatic N) is 2. The number of nitrogens with one attached hydrogen (secondary N) is 1. The molecular weight excluding hydrogens is 446 g/mol. The molecule has 0 saturated carbocycles. The van der Waals surface area contributed by atoms with E-state index in [1.807, 2.05) is 39.0 Å². The molecule has 1 aromatic carbocycles. The maximum atomic E-state index is 12.8. The van der Waals surface area contributed by atoms with Crippen LogP contribution in [-0.4, -0.2) is 25.3 Å². The highest BCUT2D eigenvalue weighted by atomic mass is 35.5. The Hall–Kier alpha value is -2.77. The summed E-state index contributed by atoms with van der Waals surface area (Å²) in [6.07, 6.45) is 8.84. The number of allylic oxidation sites excluding steroid dienone is 6. The van der Waals surface area contributed by atoms with Gasteiger partial charge in [0.25, 0.3) is 0 Å². The van der Waals surface area contributed by atoms with Gasteiger partial charge in [-0.2, -0.15) is 0 Å². The number of rotatable bonds is 9. The van der Waals surface area contributed by atoms with E-state index in [-0.39, 0.29) is 16.7 Å². The standard InChI is InChI=1S/C24H28ClN3O3S/c1-6-7-8-10-18(13-15(2)3)16(4)21-17(5)22(25)27-24(26-21)28-32(31)20-12-9-11-19(14-20)23(29)30/h6-12,14-15H,13H2,1-5H3,(H,29,30)(H,26,27,28)/b7-6+,10-8-,18-16-. The molecule has 2 aromatic rings. The number of anilines is 1. The normalized spacial score (nSPS) is 13.6. The van der Waals surface area contributed by atoms with Crippen molar-refractivity contribution >= 4 is 40.1 Å². The predicted molar refractivity (Wildman–Crippen MR) is 131 cm³/mol. The van der Waals surface area contributed by atoms with Crippen molar-refractivity contribution in [3.8, 4) is 0 Å². The van der Waals surface area contributed by atoms with Gasteiger partial charge in [0.2, 0.25) is 5.95 Å². The third-order valence-electron chi connectivity index (χ3n) is 4.63. The Morgan fingerprint density at radius 1 is 1.28 bits per heavy atom. The van der Waals surface area contributed by atoms with E-state index >= 15 is 0 Å². The molecule has 2 rings (SSSR count). The van der Waals surface area contributed by atoms with Gasteiger partial charge in [-0.15, -0.1) is 0 Å². The van der Waals surface area contributed by atoms with Crippen LogP contribution in [0.1, 0.15) is 55.7 Å². The minimum absolute atomic E-state index is 0.0474. The smallest absolute Gasteiger partial charge is 0.335 e. The van der Waals surface area contributed by atoms with Gasteiger partial charge in [-0.25, -0.2) is 19.0 Å². The molecule has 0 aliphatic rings. The first-order valence-electron chi connectivity index (χ1n) is 10.2. The first kappa shape index (κ1) is 25.5. The first-order chi connectivity index (χ1) is 15.1. The lowest BCUT2D eigenvalue weighted by Gasteiger charge is -2.15.